The van der Waals surface area contributed by atoms with Gasteiger partial charge in [-0.25, -0.2) is 9.18 Å². The van der Waals surface area contributed by atoms with E-state index in [2.05, 4.69) is 0 Å². The Morgan fingerprint density at radius 2 is 2.19 bits per heavy atom. The first-order valence-electron chi connectivity index (χ1n) is 4.67. The first kappa shape index (κ1) is 10.4. The third-order valence-corrected chi connectivity index (χ3v) is 2.32. The largest absolute Gasteiger partial charge is 0.478 e. The number of furan rings is 1. The van der Waals surface area contributed by atoms with E-state index in [9.17, 15) is 9.18 Å². The fourth-order valence-electron chi connectivity index (χ4n) is 1.59. The molecule has 3 nitrogen and oxygen atoms in total. The van der Waals surface area contributed by atoms with Crippen LogP contribution in [-0.4, -0.2) is 11.1 Å². The van der Waals surface area contributed by atoms with Gasteiger partial charge in [-0.2, -0.15) is 0 Å². The van der Waals surface area contributed by atoms with E-state index in [1.807, 2.05) is 0 Å². The highest BCUT2D eigenvalue weighted by Gasteiger charge is 2.18. The van der Waals surface area contributed by atoms with E-state index < -0.39 is 11.8 Å². The Balaban J connectivity index is 2.60. The second-order valence-corrected chi connectivity index (χ2v) is 3.40. The van der Waals surface area contributed by atoms with Crippen molar-refractivity contribution in [3.8, 4) is 11.1 Å². The zero-order valence-electron chi connectivity index (χ0n) is 8.53. The summed E-state index contributed by atoms with van der Waals surface area (Å²) in [5.74, 6) is -1.18. The molecule has 0 saturated heterocycles. The lowest BCUT2D eigenvalue weighted by Gasteiger charge is -1.99. The molecule has 0 unspecified atom stereocenters. The number of halogens is 1. The molecule has 0 amide bonds. The Labute approximate surface area is 91.1 Å². The van der Waals surface area contributed by atoms with Gasteiger partial charge < -0.3 is 9.52 Å². The number of carboxylic acids is 1. The van der Waals surface area contributed by atoms with Crippen LogP contribution in [0.2, 0.25) is 0 Å². The standard InChI is InChI=1S/C12H9FO3/c1-7-11(12(14)15)10(6-16-7)8-3-2-4-9(13)5-8/h2-6H,1H3,(H,14,15). The minimum atomic E-state index is -1.08. The van der Waals surface area contributed by atoms with Crippen molar-refractivity contribution >= 4 is 5.97 Å². The van der Waals surface area contributed by atoms with Gasteiger partial charge in [-0.3, -0.25) is 0 Å². The van der Waals surface area contributed by atoms with Crippen LogP contribution in [0, 0.1) is 12.7 Å². The highest BCUT2D eigenvalue weighted by molar-refractivity contribution is 5.96. The average molecular weight is 220 g/mol. The van der Waals surface area contributed by atoms with Gasteiger partial charge in [0.05, 0.1) is 6.26 Å². The Kier molecular flexibility index (Phi) is 2.48. The molecule has 1 aromatic carbocycles. The maximum absolute atomic E-state index is 13.0. The molecule has 82 valence electrons. The average Bonchev–Trinajstić information content (AvgIpc) is 2.60. The van der Waals surface area contributed by atoms with Crippen LogP contribution in [0.5, 0.6) is 0 Å². The Bertz CT molecular complexity index is 543. The SMILES string of the molecule is Cc1occ(-c2cccc(F)c2)c1C(=O)O. The number of hydrogen-bond donors (Lipinski definition) is 1. The van der Waals surface area contributed by atoms with Crippen molar-refractivity contribution in [2.75, 3.05) is 0 Å². The van der Waals surface area contributed by atoms with Gasteiger partial charge in [0.2, 0.25) is 0 Å². The maximum Gasteiger partial charge on any atom is 0.339 e. The summed E-state index contributed by atoms with van der Waals surface area (Å²) in [5.41, 5.74) is 0.962. The number of rotatable bonds is 2. The van der Waals surface area contributed by atoms with Crippen LogP contribution in [0.3, 0.4) is 0 Å². The first-order valence-corrected chi connectivity index (χ1v) is 4.67. The zero-order valence-corrected chi connectivity index (χ0v) is 8.53. The van der Waals surface area contributed by atoms with E-state index >= 15 is 0 Å². The summed E-state index contributed by atoms with van der Waals surface area (Å²) in [6, 6.07) is 5.74. The van der Waals surface area contributed by atoms with Crippen molar-refractivity contribution in [2.45, 2.75) is 6.92 Å². The number of hydrogen-bond acceptors (Lipinski definition) is 2. The molecule has 0 aliphatic carbocycles. The summed E-state index contributed by atoms with van der Waals surface area (Å²) in [6.45, 7) is 1.56. The zero-order chi connectivity index (χ0) is 11.7. The summed E-state index contributed by atoms with van der Waals surface area (Å²) in [5, 5.41) is 9.01. The van der Waals surface area contributed by atoms with Crippen LogP contribution in [0.4, 0.5) is 4.39 Å². The molecule has 4 heteroatoms. The molecule has 0 fully saturated rings. The summed E-state index contributed by atoms with van der Waals surface area (Å²) in [7, 11) is 0. The van der Waals surface area contributed by atoms with Crippen LogP contribution >= 0.6 is 0 Å². The quantitative estimate of drug-likeness (QED) is 0.845. The summed E-state index contributed by atoms with van der Waals surface area (Å²) in [4.78, 5) is 11.0. The third kappa shape index (κ3) is 1.69. The van der Waals surface area contributed by atoms with Crippen LogP contribution in [0.25, 0.3) is 11.1 Å². The van der Waals surface area contributed by atoms with Gasteiger partial charge in [0.25, 0.3) is 0 Å². The van der Waals surface area contributed by atoms with Crippen molar-refractivity contribution in [3.63, 3.8) is 0 Å². The fourth-order valence-corrected chi connectivity index (χ4v) is 1.59. The molecule has 2 rings (SSSR count). The van der Waals surface area contributed by atoms with E-state index in [0.29, 0.717) is 16.9 Å². The van der Waals surface area contributed by atoms with Crippen LogP contribution in [0.1, 0.15) is 16.1 Å². The lowest BCUT2D eigenvalue weighted by Crippen LogP contribution is -1.98. The molecule has 0 atom stereocenters. The highest BCUT2D eigenvalue weighted by Crippen LogP contribution is 2.28. The Morgan fingerprint density at radius 1 is 1.44 bits per heavy atom. The summed E-state index contributed by atoms with van der Waals surface area (Å²) >= 11 is 0. The lowest BCUT2D eigenvalue weighted by atomic mass is 10.0. The van der Waals surface area contributed by atoms with Gasteiger partial charge in [-0.1, -0.05) is 12.1 Å². The van der Waals surface area contributed by atoms with Crippen molar-refractivity contribution < 1.29 is 18.7 Å². The monoisotopic (exact) mass is 220 g/mol. The van der Waals surface area contributed by atoms with Gasteiger partial charge in [-0.15, -0.1) is 0 Å². The molecule has 0 radical (unpaired) electrons. The minimum Gasteiger partial charge on any atom is -0.478 e. The molecular weight excluding hydrogens is 211 g/mol. The Hall–Kier alpha value is -2.10. The molecule has 1 aromatic heterocycles. The van der Waals surface area contributed by atoms with Crippen LogP contribution in [0.15, 0.2) is 34.9 Å². The van der Waals surface area contributed by atoms with Gasteiger partial charge in [0, 0.05) is 5.56 Å². The van der Waals surface area contributed by atoms with E-state index in [-0.39, 0.29) is 5.56 Å². The fraction of sp³-hybridized carbons (Fsp3) is 0.0833. The molecule has 0 aliphatic heterocycles. The first-order chi connectivity index (χ1) is 7.59. The second kappa shape index (κ2) is 3.81. The van der Waals surface area contributed by atoms with E-state index in [4.69, 9.17) is 9.52 Å². The summed E-state index contributed by atoms with van der Waals surface area (Å²) in [6.07, 6.45) is 1.33. The van der Waals surface area contributed by atoms with E-state index in [1.165, 1.54) is 24.5 Å². The molecule has 1 heterocycles. The molecule has 16 heavy (non-hydrogen) atoms. The normalized spacial score (nSPS) is 10.4. The lowest BCUT2D eigenvalue weighted by molar-refractivity contribution is 0.0696. The molecule has 0 aliphatic rings. The smallest absolute Gasteiger partial charge is 0.339 e. The van der Waals surface area contributed by atoms with Crippen molar-refractivity contribution in [1.82, 2.24) is 0 Å². The third-order valence-electron chi connectivity index (χ3n) is 2.32. The molecule has 0 saturated carbocycles. The van der Waals surface area contributed by atoms with Gasteiger partial charge in [0.1, 0.15) is 17.1 Å². The topological polar surface area (TPSA) is 50.4 Å². The number of benzene rings is 1. The van der Waals surface area contributed by atoms with E-state index in [1.54, 1.807) is 13.0 Å². The number of aromatic carboxylic acids is 1. The van der Waals surface area contributed by atoms with Crippen molar-refractivity contribution in [3.05, 3.63) is 47.7 Å². The van der Waals surface area contributed by atoms with Gasteiger partial charge >= 0.3 is 5.97 Å². The second-order valence-electron chi connectivity index (χ2n) is 3.40. The molecule has 0 bridgehead atoms. The number of carbonyl (C=O) groups is 1. The highest BCUT2D eigenvalue weighted by atomic mass is 19.1. The number of aryl methyl sites for hydroxylation is 1. The van der Waals surface area contributed by atoms with Crippen molar-refractivity contribution in [2.24, 2.45) is 0 Å². The van der Waals surface area contributed by atoms with Gasteiger partial charge in [-0.05, 0) is 24.6 Å². The number of carboxylic acid groups (broad SMARTS) is 1. The molecular formula is C12H9FO3. The van der Waals surface area contributed by atoms with E-state index in [0.717, 1.165) is 0 Å². The van der Waals surface area contributed by atoms with Gasteiger partial charge in [0.15, 0.2) is 0 Å². The van der Waals surface area contributed by atoms with Crippen molar-refractivity contribution in [1.29, 1.82) is 0 Å². The molecule has 1 N–H and O–H groups in total. The Morgan fingerprint density at radius 3 is 2.81 bits per heavy atom. The maximum atomic E-state index is 13.0. The predicted octanol–water partition coefficient (Wildman–Crippen LogP) is 3.09. The van der Waals surface area contributed by atoms with Crippen LogP contribution < -0.4 is 0 Å². The minimum absolute atomic E-state index is 0.0746. The summed E-state index contributed by atoms with van der Waals surface area (Å²) < 4.78 is 18.1. The predicted molar refractivity (Wildman–Crippen MR) is 55.8 cm³/mol. The molecule has 2 aromatic rings. The molecule has 0 spiro atoms. The van der Waals surface area contributed by atoms with Crippen LogP contribution in [-0.2, 0) is 0 Å².